The predicted molar refractivity (Wildman–Crippen MR) is 97.7 cm³/mol. The van der Waals surface area contributed by atoms with Gasteiger partial charge in [0.1, 0.15) is 5.75 Å². The first kappa shape index (κ1) is 18.7. The number of anilines is 1. The molecule has 27 heavy (non-hydrogen) atoms. The van der Waals surface area contributed by atoms with Gasteiger partial charge in [-0.05, 0) is 12.1 Å². The summed E-state index contributed by atoms with van der Waals surface area (Å²) in [6, 6.07) is 5.33. The number of likely N-dealkylation sites (N-methyl/N-ethyl adjacent to an activating group) is 1. The maximum atomic E-state index is 12.1. The Balaban J connectivity index is 1.79. The second kappa shape index (κ2) is 7.68. The van der Waals surface area contributed by atoms with E-state index >= 15 is 0 Å². The zero-order valence-corrected chi connectivity index (χ0v) is 15.2. The van der Waals surface area contributed by atoms with Crippen LogP contribution in [0, 0.1) is 10.1 Å². The summed E-state index contributed by atoms with van der Waals surface area (Å²) in [5.41, 5.74) is -0.0357. The predicted octanol–water partition coefficient (Wildman–Crippen LogP) is 2.33. The number of carbonyl (C=O) groups excluding carboxylic acids is 1. The van der Waals surface area contributed by atoms with Gasteiger partial charge >= 0.3 is 6.03 Å². The number of hydrogen-bond acceptors (Lipinski definition) is 8. The number of urea groups is 1. The van der Waals surface area contributed by atoms with Gasteiger partial charge in [0.2, 0.25) is 5.13 Å². The molecule has 0 saturated carbocycles. The van der Waals surface area contributed by atoms with Crippen molar-refractivity contribution in [3.63, 3.8) is 0 Å². The van der Waals surface area contributed by atoms with Crippen LogP contribution in [-0.4, -0.2) is 51.0 Å². The fourth-order valence-corrected chi connectivity index (χ4v) is 3.46. The van der Waals surface area contributed by atoms with Gasteiger partial charge in [0, 0.05) is 25.6 Å². The Hall–Kier alpha value is -3.05. The van der Waals surface area contributed by atoms with Crippen molar-refractivity contribution in [3.8, 4) is 5.75 Å². The van der Waals surface area contributed by atoms with Gasteiger partial charge in [-0.1, -0.05) is 17.4 Å². The number of aliphatic hydroxyl groups is 1. The molecule has 142 valence electrons. The number of rotatable bonds is 7. The van der Waals surface area contributed by atoms with Gasteiger partial charge in [-0.3, -0.25) is 10.1 Å². The minimum atomic E-state index is -0.989. The number of benzene rings is 1. The summed E-state index contributed by atoms with van der Waals surface area (Å²) in [6.45, 7) is 3.88. The molecule has 3 rings (SSSR count). The zero-order chi connectivity index (χ0) is 19.6. The molecule has 0 radical (unpaired) electrons. The monoisotopic (exact) mass is 391 g/mol. The van der Waals surface area contributed by atoms with Crippen LogP contribution < -0.4 is 9.64 Å². The van der Waals surface area contributed by atoms with Gasteiger partial charge in [0.05, 0.1) is 11.5 Å². The van der Waals surface area contributed by atoms with Crippen molar-refractivity contribution in [1.29, 1.82) is 0 Å². The van der Waals surface area contributed by atoms with E-state index in [9.17, 15) is 20.0 Å². The fourth-order valence-electron chi connectivity index (χ4n) is 2.54. The van der Waals surface area contributed by atoms with Crippen molar-refractivity contribution in [2.75, 3.05) is 18.5 Å². The van der Waals surface area contributed by atoms with Gasteiger partial charge in [-0.2, -0.15) is 0 Å². The largest absolute Gasteiger partial charge is 0.483 e. The summed E-state index contributed by atoms with van der Waals surface area (Å²) in [6.07, 6.45) is 0.558. The van der Waals surface area contributed by atoms with Crippen molar-refractivity contribution >= 4 is 28.2 Å². The third-order valence-electron chi connectivity index (χ3n) is 3.89. The number of aromatic nitrogens is 2. The maximum absolute atomic E-state index is 12.1. The van der Waals surface area contributed by atoms with E-state index in [4.69, 9.17) is 4.74 Å². The van der Waals surface area contributed by atoms with E-state index in [1.54, 1.807) is 13.1 Å². The molecule has 11 heteroatoms. The molecule has 0 aliphatic carbocycles. The third kappa shape index (κ3) is 3.88. The van der Waals surface area contributed by atoms with E-state index in [0.717, 1.165) is 11.3 Å². The molecular formula is C16H17N5O5S. The minimum absolute atomic E-state index is 0.0357. The minimum Gasteiger partial charge on any atom is -0.483 e. The van der Waals surface area contributed by atoms with Crippen LogP contribution in [0.25, 0.3) is 0 Å². The first-order valence-corrected chi connectivity index (χ1v) is 8.80. The molecule has 0 spiro atoms. The summed E-state index contributed by atoms with van der Waals surface area (Å²) >= 11 is 1.13. The lowest BCUT2D eigenvalue weighted by atomic mass is 10.2. The molecule has 2 unspecified atom stereocenters. The molecule has 0 bridgehead atoms. The highest BCUT2D eigenvalue weighted by Gasteiger charge is 2.37. The normalized spacial score (nSPS) is 17.9. The van der Waals surface area contributed by atoms with Crippen LogP contribution in [0.4, 0.5) is 15.6 Å². The number of non-ortho nitro benzene ring substituents is 1. The van der Waals surface area contributed by atoms with Crippen molar-refractivity contribution in [1.82, 2.24) is 15.1 Å². The number of ether oxygens (including phenoxy) is 1. The first-order valence-electron chi connectivity index (χ1n) is 7.98. The number of aliphatic hydroxyl groups excluding tert-OH is 1. The highest BCUT2D eigenvalue weighted by molar-refractivity contribution is 7.15. The molecule has 2 heterocycles. The Morgan fingerprint density at radius 2 is 2.19 bits per heavy atom. The van der Waals surface area contributed by atoms with E-state index in [0.29, 0.717) is 17.2 Å². The SMILES string of the molecule is C=CCC(Oc1ccc([N+](=O)[O-])cc1)c1nnc(N2C(=O)N(C)CC2O)s1. The van der Waals surface area contributed by atoms with Crippen molar-refractivity contribution in [2.45, 2.75) is 18.8 Å². The van der Waals surface area contributed by atoms with E-state index in [1.165, 1.54) is 34.1 Å². The molecular weight excluding hydrogens is 374 g/mol. The van der Waals surface area contributed by atoms with Crippen molar-refractivity contribution < 1.29 is 19.6 Å². The molecule has 1 aliphatic heterocycles. The molecule has 1 N–H and O–H groups in total. The van der Waals surface area contributed by atoms with E-state index < -0.39 is 17.3 Å². The summed E-state index contributed by atoms with van der Waals surface area (Å²) < 4.78 is 5.86. The standard InChI is InChI=1S/C16H17N5O5S/c1-3-4-12(26-11-7-5-10(6-8-11)21(24)25)14-17-18-15(27-14)20-13(22)9-19(2)16(20)23/h3,5-8,12-13,22H,1,4,9H2,2H3. The van der Waals surface area contributed by atoms with E-state index in [-0.39, 0.29) is 23.4 Å². The lowest BCUT2D eigenvalue weighted by molar-refractivity contribution is -0.384. The van der Waals surface area contributed by atoms with Crippen LogP contribution in [0.1, 0.15) is 17.5 Å². The van der Waals surface area contributed by atoms with Crippen LogP contribution in [0.3, 0.4) is 0 Å². The molecule has 2 aromatic rings. The van der Waals surface area contributed by atoms with Gasteiger partial charge in [0.15, 0.2) is 17.3 Å². The first-order chi connectivity index (χ1) is 12.9. The lowest BCUT2D eigenvalue weighted by Gasteiger charge is -2.16. The average molecular weight is 391 g/mol. The number of nitro benzene ring substituents is 1. The quantitative estimate of drug-likeness (QED) is 0.437. The highest BCUT2D eigenvalue weighted by atomic mass is 32.1. The molecule has 1 fully saturated rings. The lowest BCUT2D eigenvalue weighted by Crippen LogP contribution is -2.34. The second-order valence-corrected chi connectivity index (χ2v) is 6.81. The van der Waals surface area contributed by atoms with Crippen molar-refractivity contribution in [2.24, 2.45) is 0 Å². The van der Waals surface area contributed by atoms with Gasteiger partial charge in [-0.25, -0.2) is 9.69 Å². The molecule has 1 aromatic heterocycles. The van der Waals surface area contributed by atoms with Crippen LogP contribution in [-0.2, 0) is 0 Å². The average Bonchev–Trinajstić information content (AvgIpc) is 3.20. The van der Waals surface area contributed by atoms with Crippen molar-refractivity contribution in [3.05, 3.63) is 52.0 Å². The molecule has 1 saturated heterocycles. The Kier molecular flexibility index (Phi) is 5.33. The zero-order valence-electron chi connectivity index (χ0n) is 14.4. The van der Waals surface area contributed by atoms with Gasteiger partial charge < -0.3 is 14.7 Å². The Morgan fingerprint density at radius 1 is 1.48 bits per heavy atom. The number of nitro groups is 1. The van der Waals surface area contributed by atoms with E-state index in [1.807, 2.05) is 0 Å². The van der Waals surface area contributed by atoms with Crippen LogP contribution in [0.2, 0.25) is 0 Å². The summed E-state index contributed by atoms with van der Waals surface area (Å²) in [5.74, 6) is 0.432. The molecule has 1 aromatic carbocycles. The van der Waals surface area contributed by atoms with E-state index in [2.05, 4.69) is 16.8 Å². The molecule has 10 nitrogen and oxygen atoms in total. The van der Waals surface area contributed by atoms with Crippen LogP contribution >= 0.6 is 11.3 Å². The number of β-amino-alcohol motifs (C(OH)–C–C–N with tert-alkyl or cyclic N) is 1. The Morgan fingerprint density at radius 3 is 2.74 bits per heavy atom. The maximum Gasteiger partial charge on any atom is 0.328 e. The number of amides is 2. The fraction of sp³-hybridized carbons (Fsp3) is 0.312. The summed E-state index contributed by atoms with van der Waals surface area (Å²) in [4.78, 5) is 24.9. The second-order valence-electron chi connectivity index (χ2n) is 5.82. The summed E-state index contributed by atoms with van der Waals surface area (Å²) in [5, 5.41) is 29.6. The number of carbonyl (C=O) groups is 1. The molecule has 2 amide bonds. The molecule has 2 atom stereocenters. The highest BCUT2D eigenvalue weighted by Crippen LogP contribution is 2.33. The Bertz CT molecular complexity index is 855. The number of hydrogen-bond donors (Lipinski definition) is 1. The van der Waals surface area contributed by atoms with Gasteiger partial charge in [-0.15, -0.1) is 16.8 Å². The van der Waals surface area contributed by atoms with Gasteiger partial charge in [0.25, 0.3) is 5.69 Å². The number of nitrogens with zero attached hydrogens (tertiary/aromatic N) is 5. The van der Waals surface area contributed by atoms with Crippen LogP contribution in [0.15, 0.2) is 36.9 Å². The Labute approximate surface area is 158 Å². The summed E-state index contributed by atoms with van der Waals surface area (Å²) in [7, 11) is 1.59. The molecule has 1 aliphatic rings. The van der Waals surface area contributed by atoms with Crippen LogP contribution in [0.5, 0.6) is 5.75 Å². The topological polar surface area (TPSA) is 122 Å². The third-order valence-corrected chi connectivity index (χ3v) is 4.90. The smallest absolute Gasteiger partial charge is 0.328 e.